The molecule has 0 spiro atoms. The largest absolute Gasteiger partial charge is 0.461 e. The van der Waals surface area contributed by atoms with Crippen LogP contribution < -0.4 is 0 Å². The van der Waals surface area contributed by atoms with Crippen LogP contribution >= 0.6 is 0 Å². The third-order valence-electron chi connectivity index (χ3n) is 3.02. The molecule has 2 heteroatoms. The molecule has 0 atom stereocenters. The van der Waals surface area contributed by atoms with Gasteiger partial charge in [0.05, 0.1) is 0 Å². The van der Waals surface area contributed by atoms with Gasteiger partial charge < -0.3 is 4.74 Å². The Balaban J connectivity index is 3.14. The van der Waals surface area contributed by atoms with Crippen LogP contribution in [-0.2, 0) is 16.1 Å². The molecule has 0 saturated carbocycles. The van der Waals surface area contributed by atoms with Crippen molar-refractivity contribution in [3.63, 3.8) is 0 Å². The smallest absolute Gasteiger partial charge is 0.302 e. The van der Waals surface area contributed by atoms with Gasteiger partial charge in [0.25, 0.3) is 0 Å². The van der Waals surface area contributed by atoms with Crippen LogP contribution in [0.15, 0.2) is 12.6 Å². The van der Waals surface area contributed by atoms with Crippen molar-refractivity contribution in [2.75, 3.05) is 0 Å². The van der Waals surface area contributed by atoms with E-state index >= 15 is 0 Å². The van der Waals surface area contributed by atoms with E-state index < -0.39 is 0 Å². The maximum absolute atomic E-state index is 10.8. The van der Waals surface area contributed by atoms with Crippen molar-refractivity contribution in [1.29, 1.82) is 0 Å². The van der Waals surface area contributed by atoms with Gasteiger partial charge in [0.15, 0.2) is 0 Å². The summed E-state index contributed by atoms with van der Waals surface area (Å²) < 4.78 is 5.03. The number of esters is 1. The molecule has 0 radical (unpaired) electrons. The lowest BCUT2D eigenvalue weighted by molar-refractivity contribution is -0.142. The summed E-state index contributed by atoms with van der Waals surface area (Å²) in [6.07, 6.45) is 1.83. The molecule has 0 aliphatic rings. The average molecular weight is 218 g/mol. The van der Waals surface area contributed by atoms with Crippen LogP contribution in [0.5, 0.6) is 0 Å². The summed E-state index contributed by atoms with van der Waals surface area (Å²) in [5.41, 5.74) is 5.81. The lowest BCUT2D eigenvalue weighted by Gasteiger charge is -2.14. The van der Waals surface area contributed by atoms with Gasteiger partial charge in [0.2, 0.25) is 0 Å². The Bertz CT molecular complexity index is 431. The van der Waals surface area contributed by atoms with E-state index in [1.165, 1.54) is 23.6 Å². The second-order valence-electron chi connectivity index (χ2n) is 3.98. The summed E-state index contributed by atoms with van der Waals surface area (Å²) in [7, 11) is 0. The molecule has 86 valence electrons. The molecule has 0 aromatic heterocycles. The third kappa shape index (κ3) is 2.51. The minimum Gasteiger partial charge on any atom is -0.461 e. The Morgan fingerprint density at radius 3 is 2.44 bits per heavy atom. The van der Waals surface area contributed by atoms with Gasteiger partial charge in [0.1, 0.15) is 6.61 Å². The lowest BCUT2D eigenvalue weighted by Crippen LogP contribution is -2.03. The SMILES string of the molecule is C=Cc1cc(COC(C)=O)c(C)c(C)c1C. The zero-order valence-electron chi connectivity index (χ0n) is 10.4. The highest BCUT2D eigenvalue weighted by Crippen LogP contribution is 2.23. The zero-order chi connectivity index (χ0) is 12.3. The molecule has 0 aliphatic heterocycles. The fourth-order valence-corrected chi connectivity index (χ4v) is 1.68. The van der Waals surface area contributed by atoms with Crippen LogP contribution in [-0.4, -0.2) is 5.97 Å². The quantitative estimate of drug-likeness (QED) is 0.727. The van der Waals surface area contributed by atoms with E-state index in [0.717, 1.165) is 11.1 Å². The standard InChI is InChI=1S/C14H18O2/c1-6-13-7-14(8-16-12(5)15)11(4)9(2)10(13)3/h6-7H,1,8H2,2-5H3. The highest BCUT2D eigenvalue weighted by Gasteiger charge is 2.08. The van der Waals surface area contributed by atoms with Gasteiger partial charge in [-0.3, -0.25) is 4.79 Å². The van der Waals surface area contributed by atoms with E-state index in [9.17, 15) is 4.79 Å². The van der Waals surface area contributed by atoms with Crippen molar-refractivity contribution in [1.82, 2.24) is 0 Å². The predicted octanol–water partition coefficient (Wildman–Crippen LogP) is 3.32. The highest BCUT2D eigenvalue weighted by atomic mass is 16.5. The summed E-state index contributed by atoms with van der Waals surface area (Å²) in [6.45, 7) is 11.8. The maximum Gasteiger partial charge on any atom is 0.302 e. The van der Waals surface area contributed by atoms with Gasteiger partial charge in [0, 0.05) is 6.92 Å². The number of hydrogen-bond donors (Lipinski definition) is 0. The topological polar surface area (TPSA) is 26.3 Å². The van der Waals surface area contributed by atoms with E-state index in [1.807, 2.05) is 19.1 Å². The van der Waals surface area contributed by atoms with Gasteiger partial charge in [-0.2, -0.15) is 0 Å². The van der Waals surface area contributed by atoms with Crippen LogP contribution in [0, 0.1) is 20.8 Å². The Labute approximate surface area is 96.9 Å². The van der Waals surface area contributed by atoms with Crippen molar-refractivity contribution in [3.05, 3.63) is 40.5 Å². The van der Waals surface area contributed by atoms with Gasteiger partial charge in [-0.1, -0.05) is 12.7 Å². The number of benzene rings is 1. The van der Waals surface area contributed by atoms with E-state index in [-0.39, 0.29) is 5.97 Å². The van der Waals surface area contributed by atoms with Crippen LogP contribution in [0.3, 0.4) is 0 Å². The normalized spacial score (nSPS) is 10.0. The molecule has 1 aromatic carbocycles. The fraction of sp³-hybridized carbons (Fsp3) is 0.357. The molecular formula is C14H18O2. The lowest BCUT2D eigenvalue weighted by atomic mass is 9.94. The monoisotopic (exact) mass is 218 g/mol. The first-order chi connectivity index (χ1) is 7.47. The summed E-state index contributed by atoms with van der Waals surface area (Å²) in [5, 5.41) is 0. The summed E-state index contributed by atoms with van der Waals surface area (Å²) in [5.74, 6) is -0.252. The Morgan fingerprint density at radius 1 is 1.31 bits per heavy atom. The molecule has 16 heavy (non-hydrogen) atoms. The minimum atomic E-state index is -0.252. The fourth-order valence-electron chi connectivity index (χ4n) is 1.68. The van der Waals surface area contributed by atoms with Gasteiger partial charge >= 0.3 is 5.97 Å². The minimum absolute atomic E-state index is 0.252. The predicted molar refractivity (Wildman–Crippen MR) is 66.2 cm³/mol. The molecule has 0 unspecified atom stereocenters. The van der Waals surface area contributed by atoms with E-state index in [0.29, 0.717) is 6.61 Å². The van der Waals surface area contributed by atoms with Crippen molar-refractivity contribution in [2.24, 2.45) is 0 Å². The molecule has 2 nitrogen and oxygen atoms in total. The second kappa shape index (κ2) is 4.97. The maximum atomic E-state index is 10.8. The van der Waals surface area contributed by atoms with Gasteiger partial charge in [-0.05, 0) is 54.7 Å². The Hall–Kier alpha value is -1.57. The van der Waals surface area contributed by atoms with Crippen molar-refractivity contribution >= 4 is 12.0 Å². The molecule has 0 saturated heterocycles. The van der Waals surface area contributed by atoms with E-state index in [2.05, 4.69) is 20.4 Å². The van der Waals surface area contributed by atoms with Crippen LogP contribution in [0.1, 0.15) is 34.7 Å². The van der Waals surface area contributed by atoms with Crippen LogP contribution in [0.2, 0.25) is 0 Å². The molecule has 1 aromatic rings. The first-order valence-corrected chi connectivity index (χ1v) is 5.32. The highest BCUT2D eigenvalue weighted by molar-refractivity contribution is 5.66. The number of rotatable bonds is 3. The molecule has 0 N–H and O–H groups in total. The number of carbonyl (C=O) groups is 1. The molecular weight excluding hydrogens is 200 g/mol. The zero-order valence-corrected chi connectivity index (χ0v) is 10.4. The third-order valence-corrected chi connectivity index (χ3v) is 3.02. The average Bonchev–Trinajstić information content (AvgIpc) is 2.25. The summed E-state index contributed by atoms with van der Waals surface area (Å²) in [4.78, 5) is 10.8. The van der Waals surface area contributed by atoms with Crippen molar-refractivity contribution in [3.8, 4) is 0 Å². The first-order valence-electron chi connectivity index (χ1n) is 5.32. The van der Waals surface area contributed by atoms with Crippen LogP contribution in [0.25, 0.3) is 6.08 Å². The first kappa shape index (κ1) is 12.5. The molecule has 0 aliphatic carbocycles. The molecule has 0 fully saturated rings. The Morgan fingerprint density at radius 2 is 1.94 bits per heavy atom. The number of ether oxygens (including phenoxy) is 1. The van der Waals surface area contributed by atoms with Crippen LogP contribution in [0.4, 0.5) is 0 Å². The van der Waals surface area contributed by atoms with E-state index in [4.69, 9.17) is 4.74 Å². The van der Waals surface area contributed by atoms with Crippen molar-refractivity contribution in [2.45, 2.75) is 34.3 Å². The number of carbonyl (C=O) groups excluding carboxylic acids is 1. The summed E-state index contributed by atoms with van der Waals surface area (Å²) >= 11 is 0. The van der Waals surface area contributed by atoms with Crippen molar-refractivity contribution < 1.29 is 9.53 Å². The van der Waals surface area contributed by atoms with Gasteiger partial charge in [-0.15, -0.1) is 0 Å². The summed E-state index contributed by atoms with van der Waals surface area (Å²) in [6, 6.07) is 2.04. The molecule has 0 heterocycles. The Kier molecular flexibility index (Phi) is 3.88. The number of hydrogen-bond acceptors (Lipinski definition) is 2. The van der Waals surface area contributed by atoms with E-state index in [1.54, 1.807) is 0 Å². The molecule has 0 amide bonds. The molecule has 0 bridgehead atoms. The molecule has 1 rings (SSSR count). The second-order valence-corrected chi connectivity index (χ2v) is 3.98. The van der Waals surface area contributed by atoms with Gasteiger partial charge in [-0.25, -0.2) is 0 Å².